The van der Waals surface area contributed by atoms with Crippen molar-refractivity contribution in [3.63, 3.8) is 0 Å². The second kappa shape index (κ2) is 16.3. The highest BCUT2D eigenvalue weighted by molar-refractivity contribution is 5.93. The number of nitrogens with zero attached hydrogens (tertiary/aromatic N) is 1. The second-order valence-electron chi connectivity index (χ2n) is 10.4. The van der Waals surface area contributed by atoms with Crippen LogP contribution in [-0.4, -0.2) is 71.1 Å². The van der Waals surface area contributed by atoms with E-state index in [1.54, 1.807) is 46.8 Å². The van der Waals surface area contributed by atoms with E-state index in [-0.39, 0.29) is 50.3 Å². The molecular weight excluding hydrogens is 520 g/mol. The van der Waals surface area contributed by atoms with E-state index in [1.807, 2.05) is 6.92 Å². The number of ether oxygens (including phenoxy) is 2. The Morgan fingerprint density at radius 2 is 1.77 bits per heavy atom. The molecule has 0 heterocycles. The summed E-state index contributed by atoms with van der Waals surface area (Å²) in [7, 11) is 0. The summed E-state index contributed by atoms with van der Waals surface area (Å²) in [4.78, 5) is 64.8. The van der Waals surface area contributed by atoms with Crippen LogP contribution < -0.4 is 16.4 Å². The zero-order chi connectivity index (χ0) is 30.5. The SMILES string of the molecule is CCCCN(C(=O)C(CCC(N)=O)NC(=O)OC(C)(C)C)C(C(=O)NCCC(=O)OCC)c1cccc(C)c1O. The van der Waals surface area contributed by atoms with E-state index in [1.165, 1.54) is 11.0 Å². The van der Waals surface area contributed by atoms with Crippen LogP contribution in [0.25, 0.3) is 0 Å². The molecule has 2 atom stereocenters. The Kier molecular flexibility index (Phi) is 13.9. The largest absolute Gasteiger partial charge is 0.507 e. The minimum Gasteiger partial charge on any atom is -0.507 e. The van der Waals surface area contributed by atoms with Gasteiger partial charge in [0.05, 0.1) is 13.0 Å². The molecule has 0 saturated heterocycles. The first-order valence-corrected chi connectivity index (χ1v) is 13.5. The number of nitrogens with two attached hydrogens (primary N) is 1. The second-order valence-corrected chi connectivity index (χ2v) is 10.4. The number of hydrogen-bond acceptors (Lipinski definition) is 8. The lowest BCUT2D eigenvalue weighted by Crippen LogP contribution is -2.53. The number of primary amides is 1. The van der Waals surface area contributed by atoms with E-state index < -0.39 is 47.5 Å². The van der Waals surface area contributed by atoms with E-state index in [0.717, 1.165) is 0 Å². The van der Waals surface area contributed by atoms with Crippen LogP contribution in [0.2, 0.25) is 0 Å². The Bertz CT molecular complexity index is 1040. The molecule has 224 valence electrons. The fourth-order valence-corrected chi connectivity index (χ4v) is 3.86. The molecule has 1 rings (SSSR count). The van der Waals surface area contributed by atoms with Gasteiger partial charge in [-0.2, -0.15) is 0 Å². The first-order chi connectivity index (χ1) is 18.7. The molecule has 0 bridgehead atoms. The lowest BCUT2D eigenvalue weighted by Gasteiger charge is -2.35. The highest BCUT2D eigenvalue weighted by atomic mass is 16.6. The number of carbonyl (C=O) groups is 5. The van der Waals surface area contributed by atoms with E-state index >= 15 is 0 Å². The van der Waals surface area contributed by atoms with Crippen LogP contribution >= 0.6 is 0 Å². The molecule has 2 unspecified atom stereocenters. The molecule has 1 aromatic rings. The molecule has 0 aliphatic heterocycles. The number of phenolic OH excluding ortho intramolecular Hbond substituents is 1. The number of unbranched alkanes of at least 4 members (excludes halogenated alkanes) is 1. The van der Waals surface area contributed by atoms with Crippen LogP contribution in [0.3, 0.4) is 0 Å². The molecule has 0 saturated carbocycles. The van der Waals surface area contributed by atoms with Gasteiger partial charge in [-0.3, -0.25) is 19.2 Å². The Morgan fingerprint density at radius 1 is 1.10 bits per heavy atom. The van der Waals surface area contributed by atoms with Gasteiger partial charge in [0.25, 0.3) is 0 Å². The fraction of sp³-hybridized carbons (Fsp3) is 0.607. The number of para-hydroxylation sites is 1. The van der Waals surface area contributed by atoms with Crippen molar-refractivity contribution in [2.24, 2.45) is 5.73 Å². The topological polar surface area (TPSA) is 177 Å². The van der Waals surface area contributed by atoms with Gasteiger partial charge in [0.15, 0.2) is 0 Å². The molecule has 0 radical (unpaired) electrons. The molecule has 0 aromatic heterocycles. The number of phenols is 1. The standard InChI is InChI=1S/C28H44N4O8/c1-7-9-17-32(26(37)20(13-14-21(29)33)31-27(38)40-28(4,5)6)23(19-12-10-11-18(3)24(19)35)25(36)30-16-15-22(34)39-8-2/h10-12,20,23,35H,7-9,13-17H2,1-6H3,(H2,29,33)(H,30,36)(H,31,38). The Hall–Kier alpha value is -3.83. The maximum Gasteiger partial charge on any atom is 0.408 e. The van der Waals surface area contributed by atoms with Crippen LogP contribution in [0.1, 0.15) is 83.9 Å². The van der Waals surface area contributed by atoms with E-state index in [4.69, 9.17) is 15.2 Å². The quantitative estimate of drug-likeness (QED) is 0.235. The predicted molar refractivity (Wildman–Crippen MR) is 148 cm³/mol. The van der Waals surface area contributed by atoms with Gasteiger partial charge in [0.1, 0.15) is 23.4 Å². The van der Waals surface area contributed by atoms with Crippen molar-refractivity contribution in [1.82, 2.24) is 15.5 Å². The molecular formula is C28H44N4O8. The van der Waals surface area contributed by atoms with Crippen LogP contribution in [0, 0.1) is 6.92 Å². The Labute approximate surface area is 235 Å². The van der Waals surface area contributed by atoms with E-state index in [0.29, 0.717) is 18.4 Å². The fourth-order valence-electron chi connectivity index (χ4n) is 3.86. The molecule has 5 N–H and O–H groups in total. The normalized spacial score (nSPS) is 12.6. The highest BCUT2D eigenvalue weighted by Gasteiger charge is 2.37. The van der Waals surface area contributed by atoms with Crippen molar-refractivity contribution in [3.05, 3.63) is 29.3 Å². The highest BCUT2D eigenvalue weighted by Crippen LogP contribution is 2.32. The van der Waals surface area contributed by atoms with Crippen molar-refractivity contribution in [2.45, 2.75) is 91.3 Å². The number of hydrogen-bond donors (Lipinski definition) is 4. The average molecular weight is 565 g/mol. The number of rotatable bonds is 15. The minimum atomic E-state index is -1.31. The monoisotopic (exact) mass is 564 g/mol. The Balaban J connectivity index is 3.50. The summed E-state index contributed by atoms with van der Waals surface area (Å²) < 4.78 is 10.2. The average Bonchev–Trinajstić information content (AvgIpc) is 2.85. The first-order valence-electron chi connectivity index (χ1n) is 13.5. The number of carbonyl (C=O) groups excluding carboxylic acids is 5. The molecule has 0 aliphatic rings. The summed E-state index contributed by atoms with van der Waals surface area (Å²) in [6, 6.07) is 2.28. The van der Waals surface area contributed by atoms with Crippen LogP contribution in [0.5, 0.6) is 5.75 Å². The number of esters is 1. The maximum atomic E-state index is 14.0. The molecule has 4 amide bonds. The van der Waals surface area contributed by atoms with Crippen LogP contribution in [0.4, 0.5) is 4.79 Å². The first kappa shape index (κ1) is 34.2. The number of alkyl carbamates (subject to hydrolysis) is 1. The van der Waals surface area contributed by atoms with Crippen molar-refractivity contribution in [3.8, 4) is 5.75 Å². The summed E-state index contributed by atoms with van der Waals surface area (Å²) in [5, 5.41) is 16.1. The predicted octanol–water partition coefficient (Wildman–Crippen LogP) is 2.60. The lowest BCUT2D eigenvalue weighted by molar-refractivity contribution is -0.144. The van der Waals surface area contributed by atoms with Crippen LogP contribution in [-0.2, 0) is 28.7 Å². The number of aromatic hydroxyl groups is 1. The van der Waals surface area contributed by atoms with Gasteiger partial charge in [-0.1, -0.05) is 31.5 Å². The van der Waals surface area contributed by atoms with Crippen molar-refractivity contribution in [1.29, 1.82) is 0 Å². The van der Waals surface area contributed by atoms with Gasteiger partial charge in [0.2, 0.25) is 17.7 Å². The summed E-state index contributed by atoms with van der Waals surface area (Å²) in [5.41, 5.74) is 5.13. The number of aryl methyl sites for hydroxylation is 1. The van der Waals surface area contributed by atoms with Crippen LogP contribution in [0.15, 0.2) is 18.2 Å². The van der Waals surface area contributed by atoms with Crippen molar-refractivity contribution < 1.29 is 38.6 Å². The minimum absolute atomic E-state index is 0.0577. The van der Waals surface area contributed by atoms with E-state index in [9.17, 15) is 29.1 Å². The molecule has 0 spiro atoms. The summed E-state index contributed by atoms with van der Waals surface area (Å²) in [6.07, 6.45) is -0.130. The summed E-state index contributed by atoms with van der Waals surface area (Å²) >= 11 is 0. The maximum absolute atomic E-state index is 14.0. The third-order valence-electron chi connectivity index (χ3n) is 5.76. The number of amides is 4. The number of nitrogens with one attached hydrogen (secondary N) is 2. The zero-order valence-electron chi connectivity index (χ0n) is 24.4. The zero-order valence-corrected chi connectivity index (χ0v) is 24.4. The van der Waals surface area contributed by atoms with Crippen molar-refractivity contribution in [2.75, 3.05) is 19.7 Å². The van der Waals surface area contributed by atoms with Gasteiger partial charge >= 0.3 is 12.1 Å². The molecule has 0 fully saturated rings. The molecule has 0 aliphatic carbocycles. The van der Waals surface area contributed by atoms with Gasteiger partial charge in [-0.05, 0) is 53.0 Å². The summed E-state index contributed by atoms with van der Waals surface area (Å²) in [6.45, 7) is 10.5. The molecule has 1 aromatic carbocycles. The smallest absolute Gasteiger partial charge is 0.408 e. The van der Waals surface area contributed by atoms with Gasteiger partial charge in [-0.15, -0.1) is 0 Å². The van der Waals surface area contributed by atoms with Crippen molar-refractivity contribution >= 4 is 29.8 Å². The summed E-state index contributed by atoms with van der Waals surface area (Å²) in [5.74, 6) is -2.64. The molecule has 12 nitrogen and oxygen atoms in total. The van der Waals surface area contributed by atoms with Gasteiger partial charge in [-0.25, -0.2) is 4.79 Å². The molecule has 12 heteroatoms. The van der Waals surface area contributed by atoms with E-state index in [2.05, 4.69) is 10.6 Å². The molecule has 40 heavy (non-hydrogen) atoms. The lowest BCUT2D eigenvalue weighted by atomic mass is 9.98. The Morgan fingerprint density at radius 3 is 2.35 bits per heavy atom. The third kappa shape index (κ3) is 11.5. The van der Waals surface area contributed by atoms with Gasteiger partial charge in [0, 0.05) is 25.1 Å². The number of benzene rings is 1. The third-order valence-corrected chi connectivity index (χ3v) is 5.76. The van der Waals surface area contributed by atoms with Gasteiger partial charge < -0.3 is 35.8 Å².